The number of hydrogen-bond donors (Lipinski definition) is 1. The molecule has 0 bridgehead atoms. The lowest BCUT2D eigenvalue weighted by atomic mass is 9.84. The van der Waals surface area contributed by atoms with Crippen molar-refractivity contribution in [1.82, 2.24) is 9.55 Å². The molecule has 0 saturated carbocycles. The highest BCUT2D eigenvalue weighted by Crippen LogP contribution is 2.37. The normalized spacial score (nSPS) is 12.0. The molecule has 0 fully saturated rings. The van der Waals surface area contributed by atoms with E-state index in [0.717, 1.165) is 40.7 Å². The molecule has 4 rings (SSSR count). The van der Waals surface area contributed by atoms with Crippen molar-refractivity contribution in [2.45, 2.75) is 65.7 Å². The van der Waals surface area contributed by atoms with Crippen molar-refractivity contribution in [1.29, 1.82) is 0 Å². The molecule has 2 aromatic carbocycles. The van der Waals surface area contributed by atoms with Crippen molar-refractivity contribution in [2.24, 2.45) is 0 Å². The van der Waals surface area contributed by atoms with E-state index < -0.39 is 11.4 Å². The van der Waals surface area contributed by atoms with Crippen LogP contribution in [0.15, 0.2) is 60.9 Å². The Morgan fingerprint density at radius 3 is 2.18 bits per heavy atom. The van der Waals surface area contributed by atoms with Crippen molar-refractivity contribution in [3.8, 4) is 16.9 Å². The van der Waals surface area contributed by atoms with Crippen LogP contribution in [-0.4, -0.2) is 20.6 Å². The van der Waals surface area contributed by atoms with E-state index in [1.165, 1.54) is 22.3 Å². The van der Waals surface area contributed by atoms with E-state index in [1.807, 2.05) is 12.4 Å². The minimum Gasteiger partial charge on any atom is -0.481 e. The summed E-state index contributed by atoms with van der Waals surface area (Å²) in [4.78, 5) is 17.2. The van der Waals surface area contributed by atoms with Crippen molar-refractivity contribution in [3.05, 3.63) is 83.2 Å². The molecular formula is C30H34N2O2. The van der Waals surface area contributed by atoms with Gasteiger partial charge >= 0.3 is 5.97 Å². The molecule has 0 aliphatic heterocycles. The summed E-state index contributed by atoms with van der Waals surface area (Å²) in [6, 6.07) is 17.0. The van der Waals surface area contributed by atoms with Crippen LogP contribution in [0.1, 0.15) is 69.7 Å². The van der Waals surface area contributed by atoms with E-state index >= 15 is 0 Å². The van der Waals surface area contributed by atoms with Crippen LogP contribution in [0.2, 0.25) is 0 Å². The van der Waals surface area contributed by atoms with Gasteiger partial charge in [-0.15, -0.1) is 0 Å². The Kier molecular flexibility index (Phi) is 6.35. The van der Waals surface area contributed by atoms with Gasteiger partial charge in [-0.25, -0.2) is 0 Å². The van der Waals surface area contributed by atoms with Crippen LogP contribution in [0, 0.1) is 0 Å². The number of aromatic nitrogens is 2. The number of carboxylic acids is 1. The summed E-state index contributed by atoms with van der Waals surface area (Å²) < 4.78 is 2.07. The zero-order valence-electron chi connectivity index (χ0n) is 21.0. The fourth-order valence-electron chi connectivity index (χ4n) is 4.68. The lowest BCUT2D eigenvalue weighted by molar-refractivity contribution is -0.142. The molecule has 4 heteroatoms. The third kappa shape index (κ3) is 4.02. The maximum Gasteiger partial charge on any atom is 0.313 e. The second kappa shape index (κ2) is 9.09. The average Bonchev–Trinajstić information content (AvgIpc) is 3.23. The van der Waals surface area contributed by atoms with Gasteiger partial charge in [0.2, 0.25) is 0 Å². The van der Waals surface area contributed by atoms with Gasteiger partial charge in [-0.1, -0.05) is 58.0 Å². The average molecular weight is 455 g/mol. The highest BCUT2D eigenvalue weighted by atomic mass is 16.4. The summed E-state index contributed by atoms with van der Waals surface area (Å²) in [5, 5.41) is 11.0. The summed E-state index contributed by atoms with van der Waals surface area (Å²) >= 11 is 0. The first-order chi connectivity index (χ1) is 16.2. The van der Waals surface area contributed by atoms with E-state index in [0.29, 0.717) is 5.92 Å². The molecular weight excluding hydrogens is 420 g/mol. The van der Waals surface area contributed by atoms with Crippen molar-refractivity contribution in [3.63, 3.8) is 0 Å². The molecule has 4 nitrogen and oxygen atoms in total. The first-order valence-corrected chi connectivity index (χ1v) is 12.1. The Hall–Kier alpha value is -3.40. The smallest absolute Gasteiger partial charge is 0.313 e. The predicted molar refractivity (Wildman–Crippen MR) is 140 cm³/mol. The molecule has 0 spiro atoms. The van der Waals surface area contributed by atoms with E-state index in [-0.39, 0.29) is 0 Å². The number of benzene rings is 2. The van der Waals surface area contributed by atoms with Gasteiger partial charge in [-0.2, -0.15) is 0 Å². The molecule has 34 heavy (non-hydrogen) atoms. The lowest BCUT2D eigenvalue weighted by Gasteiger charge is -2.19. The van der Waals surface area contributed by atoms with E-state index in [1.54, 1.807) is 13.8 Å². The van der Waals surface area contributed by atoms with Gasteiger partial charge in [-0.3, -0.25) is 9.78 Å². The molecule has 0 unspecified atom stereocenters. The number of hydrogen-bond acceptors (Lipinski definition) is 2. The second-order valence-electron chi connectivity index (χ2n) is 9.83. The Labute approximate surface area is 202 Å². The fourth-order valence-corrected chi connectivity index (χ4v) is 4.68. The quantitative estimate of drug-likeness (QED) is 0.319. The van der Waals surface area contributed by atoms with Crippen LogP contribution in [0.25, 0.3) is 27.8 Å². The Morgan fingerprint density at radius 2 is 1.65 bits per heavy atom. The van der Waals surface area contributed by atoms with E-state index in [4.69, 9.17) is 4.98 Å². The molecule has 176 valence electrons. The number of carbonyl (C=O) groups is 1. The zero-order valence-corrected chi connectivity index (χ0v) is 21.0. The van der Waals surface area contributed by atoms with Crippen molar-refractivity contribution in [2.75, 3.05) is 0 Å². The van der Waals surface area contributed by atoms with Gasteiger partial charge in [0, 0.05) is 22.8 Å². The van der Waals surface area contributed by atoms with Gasteiger partial charge in [-0.05, 0) is 73.1 Å². The van der Waals surface area contributed by atoms with Crippen LogP contribution in [0.3, 0.4) is 0 Å². The summed E-state index contributed by atoms with van der Waals surface area (Å²) in [6.45, 7) is 12.2. The summed E-state index contributed by atoms with van der Waals surface area (Å²) in [5.74, 6) is -0.393. The zero-order chi connectivity index (χ0) is 24.6. The van der Waals surface area contributed by atoms with Gasteiger partial charge < -0.3 is 9.67 Å². The van der Waals surface area contributed by atoms with Crippen LogP contribution in [-0.2, 0) is 23.1 Å². The molecule has 2 aromatic heterocycles. The minimum atomic E-state index is -1.04. The van der Waals surface area contributed by atoms with Crippen molar-refractivity contribution < 1.29 is 9.90 Å². The highest BCUT2D eigenvalue weighted by molar-refractivity contribution is 5.94. The topological polar surface area (TPSA) is 55.1 Å². The molecule has 0 aliphatic rings. The molecule has 1 N–H and O–H groups in total. The maximum absolute atomic E-state index is 12.3. The molecule has 0 amide bonds. The largest absolute Gasteiger partial charge is 0.481 e. The fraction of sp³-hybridized carbons (Fsp3) is 0.333. The van der Waals surface area contributed by atoms with Gasteiger partial charge in [0.15, 0.2) is 0 Å². The monoisotopic (exact) mass is 454 g/mol. The molecule has 2 heterocycles. The Bertz CT molecular complexity index is 1320. The third-order valence-corrected chi connectivity index (χ3v) is 6.99. The maximum atomic E-state index is 12.3. The minimum absolute atomic E-state index is 0.451. The number of aliphatic carboxylic acids is 1. The Morgan fingerprint density at radius 1 is 1.03 bits per heavy atom. The van der Waals surface area contributed by atoms with Crippen LogP contribution < -0.4 is 0 Å². The number of aryl methyl sites for hydroxylation is 2. The third-order valence-electron chi connectivity index (χ3n) is 6.99. The molecule has 0 atom stereocenters. The molecule has 0 radical (unpaired) electrons. The predicted octanol–water partition coefficient (Wildman–Crippen LogP) is 7.30. The summed E-state index contributed by atoms with van der Waals surface area (Å²) in [7, 11) is 0. The lowest BCUT2D eigenvalue weighted by Crippen LogP contribution is -2.28. The highest BCUT2D eigenvalue weighted by Gasteiger charge is 2.33. The summed E-state index contributed by atoms with van der Waals surface area (Å²) in [5.41, 5.74) is 7.52. The second-order valence-corrected chi connectivity index (χ2v) is 9.83. The van der Waals surface area contributed by atoms with E-state index in [9.17, 15) is 9.90 Å². The molecule has 4 aromatic rings. The molecule has 0 saturated heterocycles. The number of pyridine rings is 1. The van der Waals surface area contributed by atoms with Gasteiger partial charge in [0.1, 0.15) is 0 Å². The summed E-state index contributed by atoms with van der Waals surface area (Å²) in [6.07, 6.45) is 5.70. The van der Waals surface area contributed by atoms with Crippen LogP contribution in [0.4, 0.5) is 0 Å². The van der Waals surface area contributed by atoms with E-state index in [2.05, 4.69) is 80.8 Å². The van der Waals surface area contributed by atoms with Gasteiger partial charge in [0.05, 0.1) is 22.8 Å². The SMILES string of the molecule is CCc1cccc(CC)c1-c1cc2c(C(C)(C)C(=O)O)cn(-c3ccc(C(C)C)cc3)c2cn1. The van der Waals surface area contributed by atoms with Crippen LogP contribution >= 0.6 is 0 Å². The first kappa shape index (κ1) is 23.7. The number of nitrogens with zero attached hydrogens (tertiary/aromatic N) is 2. The van der Waals surface area contributed by atoms with Crippen molar-refractivity contribution >= 4 is 16.9 Å². The number of carboxylic acid groups (broad SMARTS) is 1. The standard InChI is InChI=1S/C30H34N2O2/c1-7-20-10-9-11-21(8-2)28(20)26-16-24-25(30(5,6)29(33)34)18-32(27(24)17-31-26)23-14-12-22(13-15-23)19(3)4/h9-19H,7-8H2,1-6H3,(H,33,34). The van der Waals surface area contributed by atoms with Crippen LogP contribution in [0.5, 0.6) is 0 Å². The number of rotatable bonds is 7. The number of fused-ring (bicyclic) bond motifs is 1. The first-order valence-electron chi connectivity index (χ1n) is 12.1. The molecule has 0 aliphatic carbocycles. The van der Waals surface area contributed by atoms with Gasteiger partial charge in [0.25, 0.3) is 0 Å². The Balaban J connectivity index is 1.99.